The molecule has 0 atom stereocenters. The first-order valence-corrected chi connectivity index (χ1v) is 7.88. The van der Waals surface area contributed by atoms with Crippen LogP contribution in [-0.4, -0.2) is 8.42 Å². The van der Waals surface area contributed by atoms with Crippen LogP contribution in [0.1, 0.15) is 5.56 Å². The fourth-order valence-electron chi connectivity index (χ4n) is 1.42. The van der Waals surface area contributed by atoms with E-state index in [1.807, 2.05) is 48.5 Å². The third kappa shape index (κ3) is 4.18. The molecule has 0 aromatic heterocycles. The van der Waals surface area contributed by atoms with Gasteiger partial charge in [-0.2, -0.15) is 4.13 Å². The summed E-state index contributed by atoms with van der Waals surface area (Å²) < 4.78 is 26.2. The molecule has 5 heteroatoms. The number of benzene rings is 2. The average molecular weight is 279 g/mol. The molecule has 1 N–H and O–H groups in total. The van der Waals surface area contributed by atoms with Gasteiger partial charge in [0.2, 0.25) is 10.0 Å². The van der Waals surface area contributed by atoms with E-state index in [2.05, 4.69) is 4.13 Å². The highest BCUT2D eigenvalue weighted by atomic mass is 32.3. The van der Waals surface area contributed by atoms with Gasteiger partial charge in [-0.15, -0.1) is 0 Å². The minimum atomic E-state index is -3.32. The molecule has 2 rings (SSSR count). The van der Waals surface area contributed by atoms with Gasteiger partial charge in [-0.1, -0.05) is 48.5 Å². The van der Waals surface area contributed by atoms with Gasteiger partial charge in [0.05, 0.1) is 5.75 Å². The molecule has 0 aliphatic rings. The van der Waals surface area contributed by atoms with Crippen LogP contribution in [-0.2, 0) is 15.8 Å². The highest BCUT2D eigenvalue weighted by molar-refractivity contribution is 8.08. The molecular weight excluding hydrogens is 266 g/mol. The first-order valence-electron chi connectivity index (χ1n) is 5.41. The van der Waals surface area contributed by atoms with Gasteiger partial charge < -0.3 is 0 Å². The summed E-state index contributed by atoms with van der Waals surface area (Å²) in [6.07, 6.45) is 0. The minimum Gasteiger partial charge on any atom is -0.211 e. The molecular formula is C13H13NO2S2. The quantitative estimate of drug-likeness (QED) is 0.856. The highest BCUT2D eigenvalue weighted by Crippen LogP contribution is 2.15. The van der Waals surface area contributed by atoms with Gasteiger partial charge in [-0.05, 0) is 29.6 Å². The predicted octanol–water partition coefficient (Wildman–Crippen LogP) is 2.81. The number of sulfonamides is 1. The highest BCUT2D eigenvalue weighted by Gasteiger charge is 2.11. The Balaban J connectivity index is 1.96. The van der Waals surface area contributed by atoms with Gasteiger partial charge >= 0.3 is 0 Å². The van der Waals surface area contributed by atoms with Crippen LogP contribution in [0.15, 0.2) is 65.6 Å². The Hall–Kier alpha value is -1.30. The van der Waals surface area contributed by atoms with Crippen LogP contribution >= 0.6 is 11.9 Å². The third-order valence-corrected chi connectivity index (χ3v) is 4.80. The van der Waals surface area contributed by atoms with Crippen molar-refractivity contribution in [3.63, 3.8) is 0 Å². The SMILES string of the molecule is O=S(=O)(Cc1ccccc1)NSc1ccccc1. The zero-order valence-corrected chi connectivity index (χ0v) is 11.2. The van der Waals surface area contributed by atoms with Crippen LogP contribution in [0, 0.1) is 0 Å². The lowest BCUT2D eigenvalue weighted by molar-refractivity contribution is 0.594. The largest absolute Gasteiger partial charge is 0.225 e. The van der Waals surface area contributed by atoms with Crippen molar-refractivity contribution in [1.29, 1.82) is 0 Å². The molecule has 0 bridgehead atoms. The van der Waals surface area contributed by atoms with Crippen LogP contribution in [0.25, 0.3) is 0 Å². The van der Waals surface area contributed by atoms with E-state index in [1.165, 1.54) is 0 Å². The summed E-state index contributed by atoms with van der Waals surface area (Å²) in [5.74, 6) is -0.00628. The lowest BCUT2D eigenvalue weighted by atomic mass is 10.2. The molecule has 0 saturated carbocycles. The molecule has 2 aromatic carbocycles. The van der Waals surface area contributed by atoms with Crippen molar-refractivity contribution in [2.45, 2.75) is 10.6 Å². The minimum absolute atomic E-state index is 0.00628. The van der Waals surface area contributed by atoms with Crippen LogP contribution in [0.2, 0.25) is 0 Å². The summed E-state index contributed by atoms with van der Waals surface area (Å²) >= 11 is 1.11. The number of rotatable bonds is 5. The molecule has 0 heterocycles. The van der Waals surface area contributed by atoms with E-state index in [0.717, 1.165) is 22.4 Å². The van der Waals surface area contributed by atoms with Crippen LogP contribution in [0.5, 0.6) is 0 Å². The van der Waals surface area contributed by atoms with Crippen molar-refractivity contribution in [3.8, 4) is 0 Å². The summed E-state index contributed by atoms with van der Waals surface area (Å²) in [6.45, 7) is 0. The van der Waals surface area contributed by atoms with Gasteiger partial charge in [0, 0.05) is 4.90 Å². The van der Waals surface area contributed by atoms with Gasteiger partial charge in [-0.3, -0.25) is 0 Å². The Morgan fingerprint density at radius 2 is 1.44 bits per heavy atom. The molecule has 0 amide bonds. The van der Waals surface area contributed by atoms with Crippen LogP contribution in [0.4, 0.5) is 0 Å². The summed E-state index contributed by atoms with van der Waals surface area (Å²) in [6, 6.07) is 18.5. The molecule has 3 nitrogen and oxygen atoms in total. The maximum Gasteiger partial charge on any atom is 0.225 e. The van der Waals surface area contributed by atoms with Gasteiger partial charge in [0.1, 0.15) is 0 Å². The lowest BCUT2D eigenvalue weighted by Gasteiger charge is -2.05. The molecule has 0 aliphatic carbocycles. The number of hydrogen-bond donors (Lipinski definition) is 1. The average Bonchev–Trinajstić information content (AvgIpc) is 2.38. The Labute approximate surface area is 111 Å². The molecule has 2 aromatic rings. The van der Waals surface area contributed by atoms with E-state index in [9.17, 15) is 8.42 Å². The van der Waals surface area contributed by atoms with E-state index in [0.29, 0.717) is 0 Å². The Kier molecular flexibility index (Phi) is 4.41. The van der Waals surface area contributed by atoms with Crippen molar-refractivity contribution in [2.75, 3.05) is 0 Å². The van der Waals surface area contributed by atoms with Crippen molar-refractivity contribution in [2.24, 2.45) is 0 Å². The van der Waals surface area contributed by atoms with Crippen LogP contribution in [0.3, 0.4) is 0 Å². The molecule has 94 valence electrons. The van der Waals surface area contributed by atoms with Crippen molar-refractivity contribution >= 4 is 22.0 Å². The Morgan fingerprint density at radius 1 is 0.889 bits per heavy atom. The fraction of sp³-hybridized carbons (Fsp3) is 0.0769. The zero-order valence-electron chi connectivity index (χ0n) is 9.61. The first kappa shape index (κ1) is 13.1. The first-order chi connectivity index (χ1) is 8.66. The fourth-order valence-corrected chi connectivity index (χ4v) is 3.48. The van der Waals surface area contributed by atoms with Crippen molar-refractivity contribution in [3.05, 3.63) is 66.2 Å². The summed E-state index contributed by atoms with van der Waals surface area (Å²) in [5, 5.41) is 0. The predicted molar refractivity (Wildman–Crippen MR) is 74.5 cm³/mol. The number of hydrogen-bond acceptors (Lipinski definition) is 3. The molecule has 0 aliphatic heterocycles. The monoisotopic (exact) mass is 279 g/mol. The Bertz CT molecular complexity index is 583. The van der Waals surface area contributed by atoms with Gasteiger partial charge in [-0.25, -0.2) is 8.42 Å². The molecule has 0 unspecified atom stereocenters. The van der Waals surface area contributed by atoms with E-state index in [4.69, 9.17) is 0 Å². The van der Waals surface area contributed by atoms with Crippen molar-refractivity contribution in [1.82, 2.24) is 4.13 Å². The lowest BCUT2D eigenvalue weighted by Crippen LogP contribution is -2.18. The smallest absolute Gasteiger partial charge is 0.211 e. The van der Waals surface area contributed by atoms with Crippen LogP contribution < -0.4 is 4.13 Å². The van der Waals surface area contributed by atoms with Gasteiger partial charge in [0.25, 0.3) is 0 Å². The summed E-state index contributed by atoms with van der Waals surface area (Å²) in [7, 11) is -3.32. The Morgan fingerprint density at radius 3 is 2.06 bits per heavy atom. The van der Waals surface area contributed by atoms with E-state index < -0.39 is 10.0 Å². The summed E-state index contributed by atoms with van der Waals surface area (Å²) in [4.78, 5) is 0.870. The normalized spacial score (nSPS) is 11.3. The second kappa shape index (κ2) is 6.04. The second-order valence-corrected chi connectivity index (χ2v) is 6.60. The van der Waals surface area contributed by atoms with Gasteiger partial charge in [0.15, 0.2) is 0 Å². The molecule has 0 spiro atoms. The van der Waals surface area contributed by atoms with Crippen molar-refractivity contribution < 1.29 is 8.42 Å². The van der Waals surface area contributed by atoms with E-state index in [1.54, 1.807) is 12.1 Å². The zero-order chi connectivity index (χ0) is 12.8. The maximum absolute atomic E-state index is 11.8. The number of nitrogens with one attached hydrogen (secondary N) is 1. The molecule has 0 fully saturated rings. The van der Waals surface area contributed by atoms with E-state index >= 15 is 0 Å². The standard InChI is InChI=1S/C13H13NO2S2/c15-18(16,11-12-7-3-1-4-8-12)14-17-13-9-5-2-6-10-13/h1-10,14H,11H2. The molecule has 0 radical (unpaired) electrons. The maximum atomic E-state index is 11.8. The second-order valence-electron chi connectivity index (χ2n) is 3.74. The van der Waals surface area contributed by atoms with E-state index in [-0.39, 0.29) is 5.75 Å². The molecule has 18 heavy (non-hydrogen) atoms. The summed E-state index contributed by atoms with van der Waals surface area (Å²) in [5.41, 5.74) is 0.777. The topological polar surface area (TPSA) is 46.2 Å². The molecule has 0 saturated heterocycles. The third-order valence-electron chi connectivity index (χ3n) is 2.23.